The fraction of sp³-hybridized carbons (Fsp3) is 0.120. The van der Waals surface area contributed by atoms with Crippen molar-refractivity contribution in [2.75, 3.05) is 6.61 Å². The van der Waals surface area contributed by atoms with E-state index in [0.717, 1.165) is 33.9 Å². The normalized spacial score (nSPS) is 10.7. The lowest BCUT2D eigenvalue weighted by Gasteiger charge is -2.05. The molecule has 0 fully saturated rings. The maximum Gasteiger partial charge on any atom is 0.303 e. The molecule has 0 saturated heterocycles. The number of carbonyl (C=O) groups is 1. The molecule has 2 N–H and O–H groups in total. The van der Waals surface area contributed by atoms with Crippen LogP contribution in [0.25, 0.3) is 33.9 Å². The van der Waals surface area contributed by atoms with Crippen molar-refractivity contribution in [3.8, 4) is 39.7 Å². The van der Waals surface area contributed by atoms with Crippen LogP contribution in [-0.4, -0.2) is 27.7 Å². The molecule has 1 heterocycles. The van der Waals surface area contributed by atoms with Gasteiger partial charge in [-0.1, -0.05) is 60.7 Å². The Kier molecular flexibility index (Phi) is 5.90. The maximum atomic E-state index is 10.6. The summed E-state index contributed by atoms with van der Waals surface area (Å²) in [6, 6.07) is 27.9. The van der Waals surface area contributed by atoms with Crippen molar-refractivity contribution in [2.45, 2.75) is 12.8 Å². The molecule has 0 unspecified atom stereocenters. The van der Waals surface area contributed by atoms with E-state index in [1.807, 2.05) is 60.7 Å². The van der Waals surface area contributed by atoms with Crippen molar-refractivity contribution in [3.05, 3.63) is 84.9 Å². The molecule has 0 spiro atoms. The van der Waals surface area contributed by atoms with Crippen LogP contribution in [0.3, 0.4) is 0 Å². The fourth-order valence-corrected chi connectivity index (χ4v) is 3.25. The molecule has 5 heteroatoms. The van der Waals surface area contributed by atoms with Crippen molar-refractivity contribution >= 4 is 5.97 Å². The summed E-state index contributed by atoms with van der Waals surface area (Å²) in [7, 11) is 0. The van der Waals surface area contributed by atoms with E-state index >= 15 is 0 Å². The molecule has 4 aromatic rings. The van der Waals surface area contributed by atoms with Gasteiger partial charge in [-0.2, -0.15) is 0 Å². The number of carboxylic acid groups (broad SMARTS) is 1. The van der Waals surface area contributed by atoms with Crippen LogP contribution in [0.4, 0.5) is 0 Å². The first-order chi connectivity index (χ1) is 14.7. The molecule has 4 rings (SSSR count). The van der Waals surface area contributed by atoms with Crippen molar-refractivity contribution in [3.63, 3.8) is 0 Å². The average Bonchev–Trinajstić information content (AvgIpc) is 3.24. The van der Waals surface area contributed by atoms with Gasteiger partial charge in [0.2, 0.25) is 0 Å². The van der Waals surface area contributed by atoms with E-state index in [1.165, 1.54) is 0 Å². The minimum absolute atomic E-state index is 0.106. The zero-order valence-corrected chi connectivity index (χ0v) is 16.4. The number of aromatic amines is 1. The van der Waals surface area contributed by atoms with E-state index in [9.17, 15) is 4.79 Å². The highest BCUT2D eigenvalue weighted by atomic mass is 16.5. The second kappa shape index (κ2) is 9.09. The number of aliphatic carboxylic acids is 1. The van der Waals surface area contributed by atoms with E-state index in [4.69, 9.17) is 14.8 Å². The monoisotopic (exact) mass is 398 g/mol. The quantitative estimate of drug-likeness (QED) is 0.376. The second-order valence-electron chi connectivity index (χ2n) is 6.91. The van der Waals surface area contributed by atoms with Crippen LogP contribution in [0, 0.1) is 0 Å². The molecule has 0 atom stereocenters. The lowest BCUT2D eigenvalue weighted by atomic mass is 10.1. The molecule has 150 valence electrons. The largest absolute Gasteiger partial charge is 0.494 e. The van der Waals surface area contributed by atoms with Gasteiger partial charge < -0.3 is 14.8 Å². The number of benzene rings is 3. The summed E-state index contributed by atoms with van der Waals surface area (Å²) in [4.78, 5) is 19.0. The van der Waals surface area contributed by atoms with Crippen LogP contribution in [0.2, 0.25) is 0 Å². The van der Waals surface area contributed by atoms with E-state index in [1.54, 1.807) is 0 Å². The molecular weight excluding hydrogens is 376 g/mol. The second-order valence-corrected chi connectivity index (χ2v) is 6.91. The molecule has 0 aliphatic heterocycles. The Morgan fingerprint density at radius 2 is 1.47 bits per heavy atom. The number of aromatic nitrogens is 2. The molecule has 0 amide bonds. The molecular formula is C25H22N2O3. The molecule has 0 radical (unpaired) electrons. The minimum atomic E-state index is -0.810. The number of ether oxygens (including phenoxy) is 1. The van der Waals surface area contributed by atoms with Crippen LogP contribution in [0.1, 0.15) is 12.8 Å². The molecule has 0 aliphatic carbocycles. The lowest BCUT2D eigenvalue weighted by Crippen LogP contribution is -2.01. The Morgan fingerprint density at radius 3 is 2.10 bits per heavy atom. The molecule has 0 saturated carbocycles. The first-order valence-corrected chi connectivity index (χ1v) is 9.86. The van der Waals surface area contributed by atoms with Gasteiger partial charge in [-0.15, -0.1) is 0 Å². The highest BCUT2D eigenvalue weighted by Gasteiger charge is 2.15. The number of rotatable bonds is 8. The summed E-state index contributed by atoms with van der Waals surface area (Å²) in [6.45, 7) is 0.378. The van der Waals surface area contributed by atoms with Crippen LogP contribution in [-0.2, 0) is 4.79 Å². The summed E-state index contributed by atoms with van der Waals surface area (Å²) < 4.78 is 5.62. The Hall–Kier alpha value is -3.86. The molecule has 3 aromatic carbocycles. The van der Waals surface area contributed by atoms with Crippen LogP contribution >= 0.6 is 0 Å². The molecule has 0 bridgehead atoms. The summed E-state index contributed by atoms with van der Waals surface area (Å²) in [6.07, 6.45) is 0.588. The van der Waals surface area contributed by atoms with Crippen LogP contribution < -0.4 is 4.74 Å². The van der Waals surface area contributed by atoms with Gasteiger partial charge in [0.05, 0.1) is 18.0 Å². The highest BCUT2D eigenvalue weighted by molar-refractivity contribution is 5.81. The van der Waals surface area contributed by atoms with Gasteiger partial charge in [-0.3, -0.25) is 4.79 Å². The Bertz CT molecular complexity index is 1050. The maximum absolute atomic E-state index is 10.6. The highest BCUT2D eigenvalue weighted by Crippen LogP contribution is 2.33. The third kappa shape index (κ3) is 4.58. The zero-order valence-electron chi connectivity index (χ0n) is 16.4. The van der Waals surface area contributed by atoms with Gasteiger partial charge >= 0.3 is 5.97 Å². The minimum Gasteiger partial charge on any atom is -0.494 e. The van der Waals surface area contributed by atoms with E-state index in [2.05, 4.69) is 29.2 Å². The van der Waals surface area contributed by atoms with E-state index in [0.29, 0.717) is 18.8 Å². The molecule has 0 aliphatic rings. The molecule has 5 nitrogen and oxygen atoms in total. The van der Waals surface area contributed by atoms with E-state index < -0.39 is 5.97 Å². The first-order valence-electron chi connectivity index (χ1n) is 9.86. The third-order valence-electron chi connectivity index (χ3n) is 4.74. The standard InChI is InChI=1S/C25H22N2O3/c28-22(29)12-7-17-30-21-15-13-20(14-16-21)25-26-23(18-8-3-1-4-9-18)24(27-25)19-10-5-2-6-11-19/h1-6,8-11,13-16H,7,12,17H2,(H,26,27)(H,28,29). The zero-order chi connectivity index (χ0) is 20.8. The van der Waals surface area contributed by atoms with Crippen molar-refractivity contribution in [1.29, 1.82) is 0 Å². The van der Waals surface area contributed by atoms with Gasteiger partial charge in [0.25, 0.3) is 0 Å². The number of imidazole rings is 1. The Labute approximate surface area is 175 Å². The first kappa shape index (κ1) is 19.5. The summed E-state index contributed by atoms with van der Waals surface area (Å²) in [5, 5.41) is 8.70. The average molecular weight is 398 g/mol. The fourth-order valence-electron chi connectivity index (χ4n) is 3.25. The number of hydrogen-bond acceptors (Lipinski definition) is 3. The smallest absolute Gasteiger partial charge is 0.303 e. The van der Waals surface area contributed by atoms with Crippen molar-refractivity contribution < 1.29 is 14.6 Å². The number of hydrogen-bond donors (Lipinski definition) is 2. The summed E-state index contributed by atoms with van der Waals surface area (Å²) in [5.41, 5.74) is 4.97. The third-order valence-corrected chi connectivity index (χ3v) is 4.74. The lowest BCUT2D eigenvalue weighted by molar-refractivity contribution is -0.137. The predicted octanol–water partition coefficient (Wildman–Crippen LogP) is 5.65. The van der Waals surface area contributed by atoms with Crippen LogP contribution in [0.15, 0.2) is 84.9 Å². The van der Waals surface area contributed by atoms with Gasteiger partial charge in [-0.25, -0.2) is 4.98 Å². The van der Waals surface area contributed by atoms with Gasteiger partial charge in [0.1, 0.15) is 11.6 Å². The Morgan fingerprint density at radius 1 is 0.833 bits per heavy atom. The van der Waals surface area contributed by atoms with Gasteiger partial charge in [-0.05, 0) is 30.7 Å². The summed E-state index contributed by atoms with van der Waals surface area (Å²) >= 11 is 0. The van der Waals surface area contributed by atoms with E-state index in [-0.39, 0.29) is 6.42 Å². The topological polar surface area (TPSA) is 75.2 Å². The molecule has 30 heavy (non-hydrogen) atoms. The van der Waals surface area contributed by atoms with Crippen molar-refractivity contribution in [1.82, 2.24) is 9.97 Å². The number of H-pyrrole nitrogens is 1. The number of carboxylic acids is 1. The SMILES string of the molecule is O=C(O)CCCOc1ccc(-c2nc(-c3ccccc3)c(-c3ccccc3)[nH]2)cc1. The van der Waals surface area contributed by atoms with Gasteiger partial charge in [0, 0.05) is 23.1 Å². The predicted molar refractivity (Wildman–Crippen MR) is 117 cm³/mol. The molecule has 1 aromatic heterocycles. The summed E-state index contributed by atoms with van der Waals surface area (Å²) in [5.74, 6) is 0.683. The Balaban J connectivity index is 1.60. The number of nitrogens with one attached hydrogen (secondary N) is 1. The van der Waals surface area contributed by atoms with Crippen molar-refractivity contribution in [2.24, 2.45) is 0 Å². The van der Waals surface area contributed by atoms with Crippen LogP contribution in [0.5, 0.6) is 5.75 Å². The number of nitrogens with zero attached hydrogens (tertiary/aromatic N) is 1. The van der Waals surface area contributed by atoms with Gasteiger partial charge in [0.15, 0.2) is 0 Å².